The summed E-state index contributed by atoms with van der Waals surface area (Å²) in [5.74, 6) is 0.279. The molecular weight excluding hydrogens is 799 g/mol. The van der Waals surface area contributed by atoms with E-state index in [9.17, 15) is 25.4 Å². The Balaban J connectivity index is 2.04. The van der Waals surface area contributed by atoms with Crippen LogP contribution in [0.2, 0.25) is 0 Å². The number of benzene rings is 2. The fourth-order valence-corrected chi connectivity index (χ4v) is 8.50. The van der Waals surface area contributed by atoms with Crippen molar-refractivity contribution in [2.45, 2.75) is 226 Å². The number of carbonyl (C=O) groups excluding carboxylic acids is 1. The average molecular weight is 884 g/mol. The maximum Gasteiger partial charge on any atom is 0.272 e. The van der Waals surface area contributed by atoms with Crippen LogP contribution in [0.4, 0.5) is 28.4 Å². The number of rotatable bonds is 40. The zero-order valence-corrected chi connectivity index (χ0v) is 40.7. The number of amides is 1. The minimum absolute atomic E-state index is 0.0824. The van der Waals surface area contributed by atoms with E-state index in [0.29, 0.717) is 11.4 Å². The maximum atomic E-state index is 12.5. The summed E-state index contributed by atoms with van der Waals surface area (Å²) in [5.41, 5.74) is 0.775. The second kappa shape index (κ2) is 36.8. The van der Waals surface area contributed by atoms with Crippen molar-refractivity contribution >= 4 is 34.3 Å². The Kier molecular flexibility index (Phi) is 32.0. The maximum absolute atomic E-state index is 12.5. The number of non-ortho nitro benzene ring substituents is 1. The standard InChI is InChI=1S/C53H85N7O4/c1-5-7-9-11-13-15-17-19-21-23-25-27-29-31-33-35-37-59(38-36-34-32-30-28-26-24-22-20-18-16-14-12-10-8-6-2)51-41-49(56-45(3)61)50(42-52(51)64-4)57-58-53-46(43-54)39-48(60(62)63)40-47(53)44-55/h39-42H,5-38H2,1-4H3,(H,56,61). The van der Waals surface area contributed by atoms with Gasteiger partial charge in [-0.2, -0.15) is 10.5 Å². The number of methoxy groups -OCH3 is 1. The largest absolute Gasteiger partial charge is 0.494 e. The Hall–Kier alpha value is -4.51. The van der Waals surface area contributed by atoms with Crippen molar-refractivity contribution in [3.05, 3.63) is 45.5 Å². The highest BCUT2D eigenvalue weighted by molar-refractivity contribution is 5.94. The van der Waals surface area contributed by atoms with Gasteiger partial charge in [0.1, 0.15) is 29.3 Å². The first-order valence-corrected chi connectivity index (χ1v) is 25.6. The minimum Gasteiger partial charge on any atom is -0.494 e. The Labute approximate surface area is 388 Å². The van der Waals surface area contributed by atoms with Gasteiger partial charge in [0.15, 0.2) is 0 Å². The molecule has 2 rings (SSSR count). The molecule has 0 aromatic heterocycles. The van der Waals surface area contributed by atoms with Gasteiger partial charge in [0.2, 0.25) is 5.91 Å². The number of hydrogen-bond donors (Lipinski definition) is 1. The summed E-state index contributed by atoms with van der Waals surface area (Å²) in [4.78, 5) is 25.6. The quantitative estimate of drug-likeness (QED) is 0.0302. The topological polar surface area (TPSA) is 157 Å². The molecule has 64 heavy (non-hydrogen) atoms. The van der Waals surface area contributed by atoms with E-state index in [2.05, 4.69) is 34.3 Å². The molecule has 356 valence electrons. The number of ether oxygens (including phenoxy) is 1. The van der Waals surface area contributed by atoms with E-state index in [1.54, 1.807) is 13.2 Å². The fourth-order valence-electron chi connectivity index (χ4n) is 8.50. The molecule has 1 amide bonds. The number of nitro benzene ring substituents is 1. The number of unbranched alkanes of at least 4 members (excludes halogenated alkanes) is 30. The summed E-state index contributed by atoms with van der Waals surface area (Å²) in [6.45, 7) is 7.69. The van der Waals surface area contributed by atoms with Gasteiger partial charge in [0.25, 0.3) is 5.69 Å². The summed E-state index contributed by atoms with van der Waals surface area (Å²) in [6.07, 6.45) is 42.2. The number of carbonyl (C=O) groups is 1. The van der Waals surface area contributed by atoms with Crippen LogP contribution in [0.1, 0.15) is 237 Å². The van der Waals surface area contributed by atoms with Crippen molar-refractivity contribution in [1.82, 2.24) is 0 Å². The third-order valence-corrected chi connectivity index (χ3v) is 12.3. The molecule has 0 spiro atoms. The highest BCUT2D eigenvalue weighted by atomic mass is 16.6. The van der Waals surface area contributed by atoms with Crippen molar-refractivity contribution in [2.24, 2.45) is 10.2 Å². The van der Waals surface area contributed by atoms with Gasteiger partial charge in [0.05, 0.1) is 34.5 Å². The number of nitro groups is 1. The van der Waals surface area contributed by atoms with E-state index in [1.807, 2.05) is 18.2 Å². The first-order valence-electron chi connectivity index (χ1n) is 25.6. The van der Waals surface area contributed by atoms with Gasteiger partial charge in [-0.05, 0) is 18.9 Å². The second-order valence-corrected chi connectivity index (χ2v) is 17.9. The summed E-state index contributed by atoms with van der Waals surface area (Å²) < 4.78 is 5.94. The van der Waals surface area contributed by atoms with Gasteiger partial charge in [-0.25, -0.2) is 0 Å². The van der Waals surface area contributed by atoms with Crippen LogP contribution in [0.15, 0.2) is 34.5 Å². The van der Waals surface area contributed by atoms with Crippen molar-refractivity contribution in [2.75, 3.05) is 30.4 Å². The molecule has 11 heteroatoms. The van der Waals surface area contributed by atoms with Crippen LogP contribution in [0.3, 0.4) is 0 Å². The van der Waals surface area contributed by atoms with Crippen LogP contribution in [-0.2, 0) is 4.79 Å². The molecular formula is C53H85N7O4. The van der Waals surface area contributed by atoms with Crippen molar-refractivity contribution in [3.8, 4) is 17.9 Å². The molecule has 1 N–H and O–H groups in total. The first-order chi connectivity index (χ1) is 31.3. The Morgan fingerprint density at radius 1 is 0.609 bits per heavy atom. The summed E-state index contributed by atoms with van der Waals surface area (Å²) in [7, 11) is 1.61. The molecule has 0 aliphatic rings. The van der Waals surface area contributed by atoms with Crippen molar-refractivity contribution in [1.29, 1.82) is 10.5 Å². The summed E-state index contributed by atoms with van der Waals surface area (Å²) in [6, 6.07) is 9.52. The number of hydrogen-bond acceptors (Lipinski definition) is 9. The van der Waals surface area contributed by atoms with Gasteiger partial charge in [-0.15, -0.1) is 10.2 Å². The van der Waals surface area contributed by atoms with Gasteiger partial charge in [-0.3, -0.25) is 14.9 Å². The van der Waals surface area contributed by atoms with E-state index in [4.69, 9.17) is 4.74 Å². The lowest BCUT2D eigenvalue weighted by Gasteiger charge is -2.28. The predicted octanol–water partition coefficient (Wildman–Crippen LogP) is 17.0. The van der Waals surface area contributed by atoms with Crippen LogP contribution in [0.25, 0.3) is 0 Å². The highest BCUT2D eigenvalue weighted by Crippen LogP contribution is 2.41. The van der Waals surface area contributed by atoms with Gasteiger partial charge < -0.3 is 15.0 Å². The molecule has 0 aliphatic heterocycles. The minimum atomic E-state index is -0.660. The zero-order chi connectivity index (χ0) is 46.5. The van der Waals surface area contributed by atoms with Gasteiger partial charge in [0, 0.05) is 38.2 Å². The smallest absolute Gasteiger partial charge is 0.272 e. The third kappa shape index (κ3) is 24.5. The number of anilines is 2. The molecule has 0 heterocycles. The van der Waals surface area contributed by atoms with E-state index in [-0.39, 0.29) is 34.1 Å². The van der Waals surface area contributed by atoms with Crippen molar-refractivity contribution < 1.29 is 14.5 Å². The molecule has 0 saturated carbocycles. The normalized spacial score (nSPS) is 11.2. The van der Waals surface area contributed by atoms with E-state index < -0.39 is 4.92 Å². The van der Waals surface area contributed by atoms with Crippen LogP contribution in [0, 0.1) is 32.8 Å². The van der Waals surface area contributed by atoms with Crippen LogP contribution < -0.4 is 15.0 Å². The number of nitrogens with one attached hydrogen (secondary N) is 1. The lowest BCUT2D eigenvalue weighted by molar-refractivity contribution is -0.384. The van der Waals surface area contributed by atoms with Crippen LogP contribution in [0.5, 0.6) is 5.75 Å². The van der Waals surface area contributed by atoms with Crippen LogP contribution >= 0.6 is 0 Å². The van der Waals surface area contributed by atoms with Crippen molar-refractivity contribution in [3.63, 3.8) is 0 Å². The number of nitrogens with zero attached hydrogens (tertiary/aromatic N) is 6. The Morgan fingerprint density at radius 3 is 1.28 bits per heavy atom. The third-order valence-electron chi connectivity index (χ3n) is 12.3. The van der Waals surface area contributed by atoms with Crippen LogP contribution in [-0.4, -0.2) is 31.0 Å². The lowest BCUT2D eigenvalue weighted by Crippen LogP contribution is -2.26. The zero-order valence-electron chi connectivity index (χ0n) is 40.7. The second-order valence-electron chi connectivity index (χ2n) is 17.9. The van der Waals surface area contributed by atoms with E-state index >= 15 is 0 Å². The molecule has 0 unspecified atom stereocenters. The Bertz CT molecular complexity index is 1630. The lowest BCUT2D eigenvalue weighted by atomic mass is 10.0. The number of azo groups is 1. The summed E-state index contributed by atoms with van der Waals surface area (Å²) >= 11 is 0. The number of nitriles is 2. The monoisotopic (exact) mass is 884 g/mol. The molecule has 0 aliphatic carbocycles. The molecule has 0 fully saturated rings. The predicted molar refractivity (Wildman–Crippen MR) is 265 cm³/mol. The SMILES string of the molecule is CCCCCCCCCCCCCCCCCCN(CCCCCCCCCCCCCCCCCC)c1cc(NC(C)=O)c(N=Nc2c(C#N)cc([N+](=O)[O-])cc2C#N)cc1OC. The molecule has 2 aromatic rings. The molecule has 0 radical (unpaired) electrons. The molecule has 11 nitrogen and oxygen atoms in total. The first kappa shape index (κ1) is 55.6. The van der Waals surface area contributed by atoms with Gasteiger partial charge >= 0.3 is 0 Å². The Morgan fingerprint density at radius 2 is 0.969 bits per heavy atom. The highest BCUT2D eigenvalue weighted by Gasteiger charge is 2.20. The molecule has 0 atom stereocenters. The summed E-state index contributed by atoms with van der Waals surface area (Å²) in [5, 5.41) is 42.4. The molecule has 0 saturated heterocycles. The average Bonchev–Trinajstić information content (AvgIpc) is 3.29. The molecule has 2 aromatic carbocycles. The van der Waals surface area contributed by atoms with Gasteiger partial charge in [-0.1, -0.05) is 206 Å². The molecule has 0 bridgehead atoms. The van der Waals surface area contributed by atoms with E-state index in [0.717, 1.165) is 56.6 Å². The fraction of sp³-hybridized carbons (Fsp3) is 0.717. The van der Waals surface area contributed by atoms with E-state index in [1.165, 1.54) is 187 Å².